The second-order valence-electron chi connectivity index (χ2n) is 11.9. The van der Waals surface area contributed by atoms with E-state index < -0.39 is 12.0 Å². The van der Waals surface area contributed by atoms with Crippen LogP contribution < -0.4 is 15.0 Å². The van der Waals surface area contributed by atoms with Gasteiger partial charge in [0.05, 0.1) is 35.8 Å². The zero-order valence-corrected chi connectivity index (χ0v) is 25.0. The maximum Gasteiger partial charge on any atom is 0.214 e. The number of imidazole rings is 1. The van der Waals surface area contributed by atoms with Crippen LogP contribution in [0, 0.1) is 5.41 Å². The molecule has 0 aliphatic carbocycles. The van der Waals surface area contributed by atoms with Crippen LogP contribution in [0.25, 0.3) is 16.6 Å². The first-order valence-corrected chi connectivity index (χ1v) is 14.9. The monoisotopic (exact) mass is 578 g/mol. The summed E-state index contributed by atoms with van der Waals surface area (Å²) >= 11 is 1.63. The number of aliphatic hydroxyl groups is 1. The Balaban J connectivity index is 1.21. The zero-order valence-electron chi connectivity index (χ0n) is 24.2. The summed E-state index contributed by atoms with van der Waals surface area (Å²) in [5, 5.41) is 14.9. The lowest BCUT2D eigenvalue weighted by Gasteiger charge is -2.43. The molecule has 6 rings (SSSR count). The SMILES string of the molecule is COc1ccc2nccc(Sc3cnc(N4CCC5(CC4)CO[C@@H](C)[C@H]5NC(O)OC(C)(C)C)n4ccnc34)c2c1. The van der Waals surface area contributed by atoms with E-state index in [0.29, 0.717) is 6.61 Å². The normalized spacial score (nSPS) is 21.7. The largest absolute Gasteiger partial charge is 0.497 e. The zero-order chi connectivity index (χ0) is 28.8. The van der Waals surface area contributed by atoms with Crippen molar-refractivity contribution in [1.82, 2.24) is 24.7 Å². The number of pyridine rings is 1. The van der Waals surface area contributed by atoms with Crippen LogP contribution in [-0.2, 0) is 9.47 Å². The third-order valence-electron chi connectivity index (χ3n) is 8.09. The van der Waals surface area contributed by atoms with E-state index in [1.807, 2.05) is 69.8 Å². The Morgan fingerprint density at radius 1 is 1.12 bits per heavy atom. The molecule has 0 bridgehead atoms. The molecule has 0 radical (unpaired) electrons. The molecule has 11 heteroatoms. The molecule has 5 heterocycles. The van der Waals surface area contributed by atoms with Gasteiger partial charge in [0.1, 0.15) is 5.75 Å². The number of hydrogen-bond donors (Lipinski definition) is 2. The summed E-state index contributed by atoms with van der Waals surface area (Å²) in [6.45, 7) is 10.2. The average molecular weight is 579 g/mol. The molecular formula is C30H38N6O4S. The summed E-state index contributed by atoms with van der Waals surface area (Å²) in [4.78, 5) is 18.5. The van der Waals surface area contributed by atoms with E-state index in [2.05, 4.69) is 26.5 Å². The highest BCUT2D eigenvalue weighted by Crippen LogP contribution is 2.43. The fraction of sp³-hybridized carbons (Fsp3) is 0.500. The Labute approximate surface area is 244 Å². The first-order chi connectivity index (χ1) is 19.7. The molecule has 4 aromatic rings. The topological polar surface area (TPSA) is 106 Å². The molecule has 3 aromatic heterocycles. The smallest absolute Gasteiger partial charge is 0.214 e. The predicted octanol–water partition coefficient (Wildman–Crippen LogP) is 4.49. The highest BCUT2D eigenvalue weighted by Gasteiger charge is 2.50. The van der Waals surface area contributed by atoms with Crippen LogP contribution in [0.15, 0.2) is 58.8 Å². The molecule has 2 N–H and O–H groups in total. The molecule has 2 aliphatic heterocycles. The molecule has 0 saturated carbocycles. The van der Waals surface area contributed by atoms with Gasteiger partial charge in [0.15, 0.2) is 5.65 Å². The van der Waals surface area contributed by atoms with Crippen LogP contribution in [0.2, 0.25) is 0 Å². The number of hydrogen-bond acceptors (Lipinski definition) is 10. The lowest BCUT2D eigenvalue weighted by molar-refractivity contribution is -0.190. The molecule has 1 spiro atoms. The number of fused-ring (bicyclic) bond motifs is 2. The van der Waals surface area contributed by atoms with Crippen molar-refractivity contribution in [3.63, 3.8) is 0 Å². The molecule has 218 valence electrons. The van der Waals surface area contributed by atoms with Crippen LogP contribution >= 0.6 is 11.8 Å². The summed E-state index contributed by atoms with van der Waals surface area (Å²) < 4.78 is 19.4. The average Bonchev–Trinajstić information content (AvgIpc) is 3.55. The van der Waals surface area contributed by atoms with Gasteiger partial charge in [-0.15, -0.1) is 0 Å². The Hall–Kier alpha value is -2.96. The van der Waals surface area contributed by atoms with E-state index in [1.54, 1.807) is 18.9 Å². The van der Waals surface area contributed by atoms with Gasteiger partial charge < -0.3 is 24.2 Å². The Morgan fingerprint density at radius 3 is 2.68 bits per heavy atom. The van der Waals surface area contributed by atoms with Gasteiger partial charge in [0.25, 0.3) is 0 Å². The number of nitrogens with one attached hydrogen (secondary N) is 1. The third-order valence-corrected chi connectivity index (χ3v) is 9.18. The molecule has 1 aromatic carbocycles. The van der Waals surface area contributed by atoms with Crippen molar-refractivity contribution >= 4 is 34.3 Å². The second-order valence-corrected chi connectivity index (χ2v) is 13.0. The Kier molecular flexibility index (Phi) is 7.58. The van der Waals surface area contributed by atoms with E-state index in [1.165, 1.54) is 0 Å². The quantitative estimate of drug-likeness (QED) is 0.305. The summed E-state index contributed by atoms with van der Waals surface area (Å²) in [5.74, 6) is 1.68. The van der Waals surface area contributed by atoms with E-state index >= 15 is 0 Å². The number of benzene rings is 1. The molecule has 1 unspecified atom stereocenters. The van der Waals surface area contributed by atoms with E-state index in [4.69, 9.17) is 24.2 Å². The summed E-state index contributed by atoms with van der Waals surface area (Å²) in [6, 6.07) is 7.93. The number of aliphatic hydroxyl groups excluding tert-OH is 1. The highest BCUT2D eigenvalue weighted by atomic mass is 32.2. The van der Waals surface area contributed by atoms with Crippen LogP contribution in [0.3, 0.4) is 0 Å². The van der Waals surface area contributed by atoms with Crippen molar-refractivity contribution in [3.8, 4) is 5.75 Å². The predicted molar refractivity (Wildman–Crippen MR) is 158 cm³/mol. The lowest BCUT2D eigenvalue weighted by Crippen LogP contribution is -2.56. The maximum absolute atomic E-state index is 10.6. The van der Waals surface area contributed by atoms with Crippen LogP contribution in [0.5, 0.6) is 5.75 Å². The second kappa shape index (κ2) is 11.0. The van der Waals surface area contributed by atoms with Gasteiger partial charge in [-0.3, -0.25) is 14.7 Å². The summed E-state index contributed by atoms with van der Waals surface area (Å²) in [7, 11) is 1.67. The van der Waals surface area contributed by atoms with Crippen molar-refractivity contribution in [2.75, 3.05) is 31.7 Å². The fourth-order valence-corrected chi connectivity index (χ4v) is 7.03. The minimum Gasteiger partial charge on any atom is -0.497 e. The van der Waals surface area contributed by atoms with Gasteiger partial charge in [-0.05, 0) is 64.8 Å². The molecule has 2 aliphatic rings. The number of ether oxygens (including phenoxy) is 3. The number of anilines is 1. The van der Waals surface area contributed by atoms with E-state index in [9.17, 15) is 5.11 Å². The first kappa shape index (κ1) is 28.2. The van der Waals surface area contributed by atoms with Crippen LogP contribution in [0.1, 0.15) is 40.5 Å². The van der Waals surface area contributed by atoms with Gasteiger partial charge in [0, 0.05) is 59.6 Å². The molecular weight excluding hydrogens is 540 g/mol. The van der Waals surface area contributed by atoms with E-state index in [-0.39, 0.29) is 17.6 Å². The molecule has 3 atom stereocenters. The molecule has 0 amide bonds. The molecule has 2 saturated heterocycles. The number of methoxy groups -OCH3 is 1. The number of nitrogens with zero attached hydrogens (tertiary/aromatic N) is 5. The van der Waals surface area contributed by atoms with Gasteiger partial charge in [-0.2, -0.15) is 0 Å². The maximum atomic E-state index is 10.6. The van der Waals surface area contributed by atoms with E-state index in [0.717, 1.165) is 64.0 Å². The summed E-state index contributed by atoms with van der Waals surface area (Å²) in [6.07, 6.45) is 8.32. The minimum atomic E-state index is -1.05. The fourth-order valence-electron chi connectivity index (χ4n) is 6.05. The van der Waals surface area contributed by atoms with Crippen LogP contribution in [-0.4, -0.2) is 75.4 Å². The minimum absolute atomic E-state index is 0.00388. The van der Waals surface area contributed by atoms with Gasteiger partial charge >= 0.3 is 0 Å². The number of piperidine rings is 1. The van der Waals surface area contributed by atoms with Crippen molar-refractivity contribution in [2.45, 2.75) is 74.5 Å². The van der Waals surface area contributed by atoms with Gasteiger partial charge in [-0.25, -0.2) is 9.97 Å². The standard InChI is InChI=1S/C30H38N6O4S/c1-19-25(34-28(37)40-29(2,3)4)30(18-39-19)9-13-35(14-10-30)27-33-17-24(26-32-12-15-36(26)27)41-23-8-11-31-22-7-6-20(38-5)16-21(22)23/h6-8,11-12,15-17,19,25,28,34,37H,9-10,13-14,18H2,1-5H3/t19-,25+,28?/m0/s1. The van der Waals surface area contributed by atoms with Crippen LogP contribution in [0.4, 0.5) is 5.95 Å². The lowest BCUT2D eigenvalue weighted by atomic mass is 9.73. The highest BCUT2D eigenvalue weighted by molar-refractivity contribution is 7.99. The molecule has 2 fully saturated rings. The Morgan fingerprint density at radius 2 is 1.93 bits per heavy atom. The van der Waals surface area contributed by atoms with Crippen molar-refractivity contribution in [2.24, 2.45) is 5.41 Å². The molecule has 41 heavy (non-hydrogen) atoms. The van der Waals surface area contributed by atoms with Gasteiger partial charge in [0.2, 0.25) is 12.4 Å². The number of aromatic nitrogens is 4. The van der Waals surface area contributed by atoms with Crippen molar-refractivity contribution in [3.05, 3.63) is 49.1 Å². The van der Waals surface area contributed by atoms with Crippen molar-refractivity contribution in [1.29, 1.82) is 0 Å². The number of rotatable bonds is 7. The van der Waals surface area contributed by atoms with Gasteiger partial charge in [-0.1, -0.05) is 11.8 Å². The molecule has 10 nitrogen and oxygen atoms in total. The first-order valence-electron chi connectivity index (χ1n) is 14.1. The summed E-state index contributed by atoms with van der Waals surface area (Å²) in [5.41, 5.74) is 1.26. The Bertz CT molecular complexity index is 1530. The third kappa shape index (κ3) is 5.61. The van der Waals surface area contributed by atoms with Crippen molar-refractivity contribution < 1.29 is 19.3 Å².